The van der Waals surface area contributed by atoms with Crippen LogP contribution in [0.15, 0.2) is 16.7 Å². The summed E-state index contributed by atoms with van der Waals surface area (Å²) in [4.78, 5) is 21.5. The number of quaternary nitrogens is 1. The average Bonchev–Trinajstić information content (AvgIpc) is 2.64. The molecule has 0 aliphatic carbocycles. The fraction of sp³-hybridized carbons (Fsp3) is 0.444. The third kappa shape index (κ3) is 3.84. The Kier molecular flexibility index (Phi) is 4.27. The van der Waals surface area contributed by atoms with Gasteiger partial charge in [-0.1, -0.05) is 0 Å². The molecule has 0 aromatic carbocycles. The molecule has 0 saturated carbocycles. The van der Waals surface area contributed by atoms with E-state index in [-0.39, 0.29) is 21.9 Å². The van der Waals surface area contributed by atoms with Crippen LogP contribution in [-0.4, -0.2) is 46.3 Å². The number of likely N-dealkylation sites (N-methyl/N-ethyl adjacent to an activating group) is 1. The van der Waals surface area contributed by atoms with Crippen LogP contribution in [0.4, 0.5) is 5.69 Å². The topological polar surface area (TPSA) is 93.6 Å². The van der Waals surface area contributed by atoms with Crippen molar-refractivity contribution in [1.29, 1.82) is 0 Å². The van der Waals surface area contributed by atoms with Gasteiger partial charge in [0.2, 0.25) is 0 Å². The van der Waals surface area contributed by atoms with Crippen molar-refractivity contribution in [3.8, 4) is 0 Å². The van der Waals surface area contributed by atoms with E-state index in [9.17, 15) is 14.9 Å². The maximum absolute atomic E-state index is 11.7. The Morgan fingerprint density at radius 3 is 2.76 bits per heavy atom. The zero-order chi connectivity index (χ0) is 13.1. The number of aliphatic hydroxyl groups excluding tert-OH is 1. The van der Waals surface area contributed by atoms with Crippen LogP contribution in [-0.2, 0) is 0 Å². The van der Waals surface area contributed by atoms with Gasteiger partial charge in [-0.15, -0.1) is 0 Å². The maximum Gasteiger partial charge on any atom is 0.311 e. The van der Waals surface area contributed by atoms with E-state index in [1.165, 1.54) is 0 Å². The first-order valence-corrected chi connectivity index (χ1v) is 5.54. The first kappa shape index (κ1) is 13.7. The average molecular weight is 261 g/mol. The predicted octanol–water partition coefficient (Wildman–Crippen LogP) is 1.04. The van der Waals surface area contributed by atoms with Gasteiger partial charge in [0, 0.05) is 0 Å². The molecule has 7 nitrogen and oxygen atoms in total. The maximum atomic E-state index is 11.7. The Hall–Kier alpha value is -1.38. The van der Waals surface area contributed by atoms with Gasteiger partial charge in [0.1, 0.15) is 6.54 Å². The second-order valence-electron chi connectivity index (χ2n) is 3.83. The second kappa shape index (κ2) is 5.30. The van der Waals surface area contributed by atoms with E-state index in [1.54, 1.807) is 14.1 Å². The van der Waals surface area contributed by atoms with E-state index in [4.69, 9.17) is 9.52 Å². The Bertz CT molecular complexity index is 429. The highest BCUT2D eigenvalue weighted by atomic mass is 32.2. The SMILES string of the molecule is C[N+](C)(CCO)SC(=O)c1cc([N+](=O)[O-])co1. The molecule has 0 fully saturated rings. The van der Waals surface area contributed by atoms with Crippen molar-refractivity contribution in [1.82, 2.24) is 0 Å². The molecule has 0 aliphatic rings. The fourth-order valence-corrected chi connectivity index (χ4v) is 1.90. The van der Waals surface area contributed by atoms with Gasteiger partial charge < -0.3 is 9.52 Å². The Labute approximate surface area is 102 Å². The molecular weight excluding hydrogens is 248 g/mol. The molecule has 94 valence electrons. The molecule has 17 heavy (non-hydrogen) atoms. The highest BCUT2D eigenvalue weighted by molar-refractivity contribution is 8.09. The lowest BCUT2D eigenvalue weighted by molar-refractivity contribution is -0.750. The summed E-state index contributed by atoms with van der Waals surface area (Å²) in [5.74, 6) is -0.0640. The van der Waals surface area contributed by atoms with Gasteiger partial charge in [0.05, 0.1) is 31.7 Å². The molecule has 1 heterocycles. The zero-order valence-electron chi connectivity index (χ0n) is 9.45. The van der Waals surface area contributed by atoms with Gasteiger partial charge in [-0.2, -0.15) is 0 Å². The van der Waals surface area contributed by atoms with Gasteiger partial charge in [0.15, 0.2) is 24.0 Å². The van der Waals surface area contributed by atoms with Gasteiger partial charge >= 0.3 is 10.8 Å². The van der Waals surface area contributed by atoms with E-state index in [1.807, 2.05) is 0 Å². The van der Waals surface area contributed by atoms with Gasteiger partial charge in [-0.3, -0.25) is 18.8 Å². The highest BCUT2D eigenvalue weighted by Gasteiger charge is 2.27. The number of aliphatic hydroxyl groups is 1. The second-order valence-corrected chi connectivity index (χ2v) is 5.37. The summed E-state index contributed by atoms with van der Waals surface area (Å²) >= 11 is 0.927. The molecule has 0 saturated heterocycles. The first-order chi connectivity index (χ1) is 7.85. The smallest absolute Gasteiger partial charge is 0.311 e. The van der Waals surface area contributed by atoms with Gasteiger partial charge in [-0.05, 0) is 0 Å². The summed E-state index contributed by atoms with van der Waals surface area (Å²) in [6, 6.07) is 1.09. The van der Waals surface area contributed by atoms with Gasteiger partial charge in [-0.25, -0.2) is 0 Å². The van der Waals surface area contributed by atoms with E-state index >= 15 is 0 Å². The van der Waals surface area contributed by atoms with E-state index < -0.39 is 10.0 Å². The van der Waals surface area contributed by atoms with Crippen LogP contribution in [0, 0.1) is 10.1 Å². The van der Waals surface area contributed by atoms with Crippen molar-refractivity contribution < 1.29 is 23.1 Å². The molecule has 1 rings (SSSR count). The van der Waals surface area contributed by atoms with Crippen molar-refractivity contribution in [2.24, 2.45) is 0 Å². The number of hydrogen-bond donors (Lipinski definition) is 1. The number of carbonyl (C=O) groups is 1. The fourth-order valence-electron chi connectivity index (χ4n) is 1.08. The number of furan rings is 1. The molecule has 1 N–H and O–H groups in total. The minimum absolute atomic E-state index is 0.0500. The van der Waals surface area contributed by atoms with Crippen LogP contribution in [0.5, 0.6) is 0 Å². The largest absolute Gasteiger partial charge is 0.453 e. The number of hydrogen-bond acceptors (Lipinski definition) is 6. The lowest BCUT2D eigenvalue weighted by atomic mass is 10.4. The molecule has 0 atom stereocenters. The van der Waals surface area contributed by atoms with Crippen LogP contribution < -0.4 is 0 Å². The Morgan fingerprint density at radius 1 is 1.65 bits per heavy atom. The summed E-state index contributed by atoms with van der Waals surface area (Å²) < 4.78 is 5.04. The number of carbonyl (C=O) groups excluding carboxylic acids is 1. The molecular formula is C9H13N2O5S+. The third-order valence-corrected chi connectivity index (χ3v) is 3.01. The van der Waals surface area contributed by atoms with Crippen molar-refractivity contribution >= 4 is 22.8 Å². The summed E-state index contributed by atoms with van der Waals surface area (Å²) in [5, 5.41) is 18.8. The lowest BCUT2D eigenvalue weighted by Crippen LogP contribution is -2.35. The van der Waals surface area contributed by atoms with Crippen molar-refractivity contribution in [3.05, 3.63) is 28.2 Å². The van der Waals surface area contributed by atoms with E-state index in [2.05, 4.69) is 0 Å². The minimum Gasteiger partial charge on any atom is -0.453 e. The summed E-state index contributed by atoms with van der Waals surface area (Å²) in [6.07, 6.45) is 0.930. The van der Waals surface area contributed by atoms with Crippen molar-refractivity contribution in [2.45, 2.75) is 0 Å². The predicted molar refractivity (Wildman–Crippen MR) is 61.3 cm³/mol. The molecule has 0 bridgehead atoms. The Morgan fingerprint density at radius 2 is 2.29 bits per heavy atom. The molecule has 0 spiro atoms. The number of nitrogens with zero attached hydrogens (tertiary/aromatic N) is 2. The van der Waals surface area contributed by atoms with Crippen molar-refractivity contribution in [2.75, 3.05) is 27.2 Å². The first-order valence-electron chi connectivity index (χ1n) is 4.76. The highest BCUT2D eigenvalue weighted by Crippen LogP contribution is 2.25. The molecule has 0 unspecified atom stereocenters. The third-order valence-electron chi connectivity index (χ3n) is 1.97. The molecule has 1 aromatic heterocycles. The quantitative estimate of drug-likeness (QED) is 0.368. The molecule has 1 aromatic rings. The lowest BCUT2D eigenvalue weighted by Gasteiger charge is -2.23. The summed E-state index contributed by atoms with van der Waals surface area (Å²) in [6.45, 7) is 0.338. The zero-order valence-corrected chi connectivity index (χ0v) is 10.3. The Balaban J connectivity index is 2.73. The number of rotatable bonds is 5. The van der Waals surface area contributed by atoms with E-state index in [0.717, 1.165) is 24.3 Å². The monoisotopic (exact) mass is 261 g/mol. The van der Waals surface area contributed by atoms with Crippen LogP contribution in [0.1, 0.15) is 10.6 Å². The molecule has 0 radical (unpaired) electrons. The summed E-state index contributed by atoms with van der Waals surface area (Å²) in [7, 11) is 3.49. The number of nitro groups is 1. The van der Waals surface area contributed by atoms with Gasteiger partial charge in [0.25, 0.3) is 0 Å². The van der Waals surface area contributed by atoms with E-state index in [0.29, 0.717) is 6.54 Å². The minimum atomic E-state index is -0.626. The summed E-state index contributed by atoms with van der Waals surface area (Å²) in [5.41, 5.74) is -0.249. The van der Waals surface area contributed by atoms with Crippen LogP contribution >= 0.6 is 11.9 Å². The standard InChI is InChI=1S/C9H13N2O5S/c1-11(2,3-4-12)17-9(13)8-5-7(6-16-8)10(14)15/h5-6,12H,3-4H2,1-2H3/q+1. The van der Waals surface area contributed by atoms with Crippen molar-refractivity contribution in [3.63, 3.8) is 0 Å². The molecule has 0 amide bonds. The normalized spacial score (nSPS) is 11.5. The molecule has 0 aliphatic heterocycles. The molecule has 8 heteroatoms. The van der Waals surface area contributed by atoms with Crippen LogP contribution in [0.2, 0.25) is 0 Å². The van der Waals surface area contributed by atoms with Crippen LogP contribution in [0.25, 0.3) is 0 Å². The van der Waals surface area contributed by atoms with Crippen LogP contribution in [0.3, 0.4) is 0 Å².